The number of rotatable bonds is 3. The van der Waals surface area contributed by atoms with Gasteiger partial charge < -0.3 is 0 Å². The number of fused-ring (bicyclic) bond motifs is 3. The summed E-state index contributed by atoms with van der Waals surface area (Å²) in [6.07, 6.45) is 3.66. The molecule has 0 saturated heterocycles. The number of pyridine rings is 1. The molecule has 0 atom stereocenters. The Morgan fingerprint density at radius 3 is 2.41 bits per heavy atom. The van der Waals surface area contributed by atoms with Crippen molar-refractivity contribution in [1.29, 1.82) is 0 Å². The highest BCUT2D eigenvalue weighted by Gasteiger charge is 2.14. The number of para-hydroxylation sites is 1. The number of thioether (sulfide) groups is 1. The Hall–Kier alpha value is -3.44. The summed E-state index contributed by atoms with van der Waals surface area (Å²) in [4.78, 5) is 22.4. The highest BCUT2D eigenvalue weighted by atomic mass is 32.2. The van der Waals surface area contributed by atoms with Crippen molar-refractivity contribution in [3.8, 4) is 16.8 Å². The van der Waals surface area contributed by atoms with Crippen molar-refractivity contribution in [1.82, 2.24) is 14.5 Å². The zero-order valence-electron chi connectivity index (χ0n) is 15.7. The summed E-state index contributed by atoms with van der Waals surface area (Å²) in [5.74, 6) is 0. The van der Waals surface area contributed by atoms with Gasteiger partial charge in [0.2, 0.25) is 0 Å². The van der Waals surface area contributed by atoms with E-state index in [1.807, 2.05) is 66.9 Å². The molecule has 0 aliphatic carbocycles. The minimum atomic E-state index is -0.137. The van der Waals surface area contributed by atoms with Crippen LogP contribution < -0.4 is 5.56 Å². The second-order valence-electron chi connectivity index (χ2n) is 6.69. The highest BCUT2D eigenvalue weighted by molar-refractivity contribution is 7.98. The van der Waals surface area contributed by atoms with E-state index in [0.717, 1.165) is 33.1 Å². The molecule has 0 fully saturated rings. The molecular weight excluding hydrogens is 378 g/mol. The Labute approximate surface area is 171 Å². The van der Waals surface area contributed by atoms with Crippen molar-refractivity contribution in [2.24, 2.45) is 0 Å². The van der Waals surface area contributed by atoms with Gasteiger partial charge in [0.05, 0.1) is 5.52 Å². The largest absolute Gasteiger partial charge is 0.282 e. The molecule has 5 rings (SSSR count). The van der Waals surface area contributed by atoms with Gasteiger partial charge in [-0.2, -0.15) is 0 Å². The van der Waals surface area contributed by atoms with Gasteiger partial charge in [-0.1, -0.05) is 72.4 Å². The summed E-state index contributed by atoms with van der Waals surface area (Å²) in [5, 5.41) is 2.33. The first-order chi connectivity index (χ1) is 14.3. The molecule has 5 aromatic rings. The second kappa shape index (κ2) is 7.18. The molecule has 0 aliphatic rings. The average Bonchev–Trinajstić information content (AvgIpc) is 2.80. The van der Waals surface area contributed by atoms with E-state index >= 15 is 0 Å². The number of hydrogen-bond donors (Lipinski definition) is 0. The van der Waals surface area contributed by atoms with Gasteiger partial charge in [0, 0.05) is 22.7 Å². The van der Waals surface area contributed by atoms with Crippen LogP contribution in [0, 0.1) is 0 Å². The molecule has 0 aliphatic heterocycles. The summed E-state index contributed by atoms with van der Waals surface area (Å²) in [6.45, 7) is 0. The smallest absolute Gasteiger partial charge is 0.275 e. The van der Waals surface area contributed by atoms with Crippen LogP contribution in [0.25, 0.3) is 38.6 Å². The zero-order chi connectivity index (χ0) is 19.8. The van der Waals surface area contributed by atoms with E-state index in [0.29, 0.717) is 10.7 Å². The number of benzene rings is 3. The van der Waals surface area contributed by atoms with Crippen LogP contribution in [0.1, 0.15) is 0 Å². The molecular formula is C24H17N3OS. The lowest BCUT2D eigenvalue weighted by Gasteiger charge is -2.14. The fourth-order valence-corrected chi connectivity index (χ4v) is 3.99. The van der Waals surface area contributed by atoms with E-state index in [1.165, 1.54) is 11.8 Å². The van der Waals surface area contributed by atoms with Gasteiger partial charge in [0.1, 0.15) is 5.52 Å². The van der Waals surface area contributed by atoms with E-state index < -0.39 is 0 Å². The molecule has 4 nitrogen and oxygen atoms in total. The lowest BCUT2D eigenvalue weighted by Crippen LogP contribution is -2.20. The van der Waals surface area contributed by atoms with Crippen molar-refractivity contribution in [2.45, 2.75) is 5.16 Å². The molecule has 0 bridgehead atoms. The first kappa shape index (κ1) is 17.6. The topological polar surface area (TPSA) is 47.8 Å². The van der Waals surface area contributed by atoms with Gasteiger partial charge in [-0.15, -0.1) is 0 Å². The van der Waals surface area contributed by atoms with E-state index in [4.69, 9.17) is 0 Å². The van der Waals surface area contributed by atoms with Gasteiger partial charge in [0.15, 0.2) is 5.16 Å². The van der Waals surface area contributed by atoms with Crippen LogP contribution in [0.5, 0.6) is 0 Å². The number of aromatic nitrogens is 3. The Morgan fingerprint density at radius 2 is 1.59 bits per heavy atom. The predicted octanol–water partition coefficient (Wildman–Crippen LogP) is 5.32. The molecule has 0 amide bonds. The Kier molecular flexibility index (Phi) is 4.37. The van der Waals surface area contributed by atoms with E-state index in [1.54, 1.807) is 10.8 Å². The van der Waals surface area contributed by atoms with E-state index in [9.17, 15) is 4.79 Å². The normalized spacial score (nSPS) is 11.2. The van der Waals surface area contributed by atoms with Crippen LogP contribution in [0.3, 0.4) is 0 Å². The summed E-state index contributed by atoms with van der Waals surface area (Å²) in [6, 6.07) is 26.1. The Morgan fingerprint density at radius 1 is 0.828 bits per heavy atom. The predicted molar refractivity (Wildman–Crippen MR) is 120 cm³/mol. The summed E-state index contributed by atoms with van der Waals surface area (Å²) in [5.41, 5.74) is 4.13. The maximum Gasteiger partial charge on any atom is 0.282 e. The maximum atomic E-state index is 13.5. The SMILES string of the molecule is CSc1ncc2c(n1)c(=O)n(-c1cccc(-c3ccccc3)c1)c1ccccc21. The Bertz CT molecular complexity index is 1410. The third kappa shape index (κ3) is 3.00. The molecule has 3 aromatic carbocycles. The quantitative estimate of drug-likeness (QED) is 0.236. The van der Waals surface area contributed by atoms with Gasteiger partial charge in [0.25, 0.3) is 5.56 Å². The molecule has 2 aromatic heterocycles. The number of nitrogens with zero attached hydrogens (tertiary/aromatic N) is 3. The van der Waals surface area contributed by atoms with Crippen molar-refractivity contribution >= 4 is 33.6 Å². The third-order valence-corrected chi connectivity index (χ3v) is 5.56. The van der Waals surface area contributed by atoms with Gasteiger partial charge >= 0.3 is 0 Å². The zero-order valence-corrected chi connectivity index (χ0v) is 16.6. The molecule has 2 heterocycles. The fraction of sp³-hybridized carbons (Fsp3) is 0.0417. The van der Waals surface area contributed by atoms with Crippen molar-refractivity contribution < 1.29 is 0 Å². The average molecular weight is 395 g/mol. The van der Waals surface area contributed by atoms with Crippen LogP contribution in [0.4, 0.5) is 0 Å². The molecule has 0 radical (unpaired) electrons. The van der Waals surface area contributed by atoms with Crippen molar-refractivity contribution in [2.75, 3.05) is 6.26 Å². The molecule has 29 heavy (non-hydrogen) atoms. The summed E-state index contributed by atoms with van der Waals surface area (Å²) >= 11 is 1.43. The summed E-state index contributed by atoms with van der Waals surface area (Å²) < 4.78 is 1.75. The first-order valence-electron chi connectivity index (χ1n) is 9.26. The van der Waals surface area contributed by atoms with Crippen molar-refractivity contribution in [3.63, 3.8) is 0 Å². The molecule has 0 unspecified atom stereocenters. The molecule has 140 valence electrons. The third-order valence-electron chi connectivity index (χ3n) is 5.00. The molecule has 0 spiro atoms. The Balaban J connectivity index is 1.85. The fourth-order valence-electron chi connectivity index (χ4n) is 3.65. The van der Waals surface area contributed by atoms with Crippen LogP contribution in [0.15, 0.2) is 95.0 Å². The monoisotopic (exact) mass is 395 g/mol. The number of hydrogen-bond acceptors (Lipinski definition) is 4. The lowest BCUT2D eigenvalue weighted by molar-refractivity contribution is 0.980. The first-order valence-corrected chi connectivity index (χ1v) is 10.5. The van der Waals surface area contributed by atoms with Crippen LogP contribution in [-0.2, 0) is 0 Å². The summed E-state index contributed by atoms with van der Waals surface area (Å²) in [7, 11) is 0. The molecule has 0 N–H and O–H groups in total. The van der Waals surface area contributed by atoms with E-state index in [2.05, 4.69) is 28.2 Å². The molecule has 0 saturated carbocycles. The van der Waals surface area contributed by atoms with Gasteiger partial charge in [-0.3, -0.25) is 9.36 Å². The lowest BCUT2D eigenvalue weighted by atomic mass is 10.0. The van der Waals surface area contributed by atoms with Crippen LogP contribution in [-0.4, -0.2) is 20.8 Å². The van der Waals surface area contributed by atoms with Crippen molar-refractivity contribution in [3.05, 3.63) is 95.4 Å². The standard InChI is InChI=1S/C24H17N3OS/c1-29-24-25-15-20-19-12-5-6-13-21(19)27(23(28)22(20)26-24)18-11-7-10-17(14-18)16-8-3-2-4-9-16/h2-15H,1H3. The molecule has 5 heteroatoms. The minimum Gasteiger partial charge on any atom is -0.275 e. The van der Waals surface area contributed by atoms with Crippen LogP contribution in [0.2, 0.25) is 0 Å². The second-order valence-corrected chi connectivity index (χ2v) is 7.47. The minimum absolute atomic E-state index is 0.137. The van der Waals surface area contributed by atoms with Gasteiger partial charge in [-0.25, -0.2) is 9.97 Å². The maximum absolute atomic E-state index is 13.5. The van der Waals surface area contributed by atoms with E-state index in [-0.39, 0.29) is 5.56 Å². The highest BCUT2D eigenvalue weighted by Crippen LogP contribution is 2.27. The van der Waals surface area contributed by atoms with Gasteiger partial charge in [-0.05, 0) is 35.6 Å². The van der Waals surface area contributed by atoms with Crippen LogP contribution >= 0.6 is 11.8 Å².